The van der Waals surface area contributed by atoms with Gasteiger partial charge in [-0.15, -0.1) is 0 Å². The van der Waals surface area contributed by atoms with Gasteiger partial charge in [-0.1, -0.05) is 24.3 Å². The van der Waals surface area contributed by atoms with Crippen molar-refractivity contribution in [1.29, 1.82) is 0 Å². The van der Waals surface area contributed by atoms with Crippen LogP contribution in [0.5, 0.6) is 0 Å². The highest BCUT2D eigenvalue weighted by atomic mass is 16.4. The van der Waals surface area contributed by atoms with Gasteiger partial charge in [-0.25, -0.2) is 39.9 Å². The molecule has 0 saturated heterocycles. The third kappa shape index (κ3) is 4.81. The number of oxazole rings is 4. The lowest BCUT2D eigenvalue weighted by Crippen LogP contribution is -1.92. The smallest absolute Gasteiger partial charge is 0.245 e. The van der Waals surface area contributed by atoms with E-state index in [-0.39, 0.29) is 0 Å². The molecule has 44 heavy (non-hydrogen) atoms. The van der Waals surface area contributed by atoms with Gasteiger partial charge in [0.1, 0.15) is 34.2 Å². The number of hydrogen-bond acceptors (Lipinski definition) is 12. The van der Waals surface area contributed by atoms with E-state index in [2.05, 4.69) is 29.9 Å². The topological polar surface area (TPSA) is 156 Å². The van der Waals surface area contributed by atoms with E-state index < -0.39 is 0 Å². The SMILES string of the molecule is c1cc(-c2cnco2)nc(-c2cnc(-c3cccc(-c4cccc(-c5ncc(-c6cccc(-c7cnco7)n6)o5)n4)n3)o2)c1. The van der Waals surface area contributed by atoms with Crippen LogP contribution in [0.3, 0.4) is 0 Å². The van der Waals surface area contributed by atoms with E-state index in [1.807, 2.05) is 72.8 Å². The predicted molar refractivity (Wildman–Crippen MR) is 156 cm³/mol. The van der Waals surface area contributed by atoms with Gasteiger partial charge >= 0.3 is 0 Å². The first kappa shape index (κ1) is 25.2. The van der Waals surface area contributed by atoms with Crippen LogP contribution in [0.2, 0.25) is 0 Å². The summed E-state index contributed by atoms with van der Waals surface area (Å²) < 4.78 is 22.8. The van der Waals surface area contributed by atoms with Gasteiger partial charge in [0.15, 0.2) is 35.8 Å². The molecule has 0 aliphatic rings. The molecule has 210 valence electrons. The van der Waals surface area contributed by atoms with Crippen molar-refractivity contribution >= 4 is 0 Å². The molecule has 12 heteroatoms. The van der Waals surface area contributed by atoms with Gasteiger partial charge in [-0.05, 0) is 48.5 Å². The van der Waals surface area contributed by atoms with E-state index >= 15 is 0 Å². The lowest BCUT2D eigenvalue weighted by atomic mass is 10.2. The van der Waals surface area contributed by atoms with Crippen LogP contribution >= 0.6 is 0 Å². The molecule has 0 aromatic carbocycles. The van der Waals surface area contributed by atoms with Crippen molar-refractivity contribution in [2.45, 2.75) is 0 Å². The van der Waals surface area contributed by atoms with Crippen molar-refractivity contribution in [3.05, 3.63) is 110 Å². The average Bonchev–Trinajstić information content (AvgIpc) is 3.93. The fraction of sp³-hybridized carbons (Fsp3) is 0. The maximum absolute atomic E-state index is 6.05. The Balaban J connectivity index is 1.05. The summed E-state index contributed by atoms with van der Waals surface area (Å²) in [5.74, 6) is 2.81. The zero-order chi connectivity index (χ0) is 29.3. The zero-order valence-electron chi connectivity index (χ0n) is 22.6. The molecule has 0 saturated carbocycles. The van der Waals surface area contributed by atoms with E-state index in [0.29, 0.717) is 80.4 Å². The maximum atomic E-state index is 6.05. The van der Waals surface area contributed by atoms with Gasteiger partial charge in [-0.2, -0.15) is 0 Å². The number of aromatic nitrogens is 8. The second-order valence-corrected chi connectivity index (χ2v) is 9.42. The zero-order valence-corrected chi connectivity index (χ0v) is 22.6. The average molecular weight is 579 g/mol. The molecule has 0 amide bonds. The normalized spacial score (nSPS) is 11.2. The summed E-state index contributed by atoms with van der Waals surface area (Å²) in [5.41, 5.74) is 4.83. The van der Waals surface area contributed by atoms with Crippen LogP contribution in [-0.2, 0) is 0 Å². The second kappa shape index (κ2) is 10.7. The molecule has 0 N–H and O–H groups in total. The van der Waals surface area contributed by atoms with Gasteiger partial charge in [0.05, 0.1) is 36.2 Å². The van der Waals surface area contributed by atoms with Gasteiger partial charge < -0.3 is 17.7 Å². The van der Waals surface area contributed by atoms with Crippen molar-refractivity contribution in [3.8, 4) is 80.4 Å². The molecule has 0 aliphatic heterocycles. The van der Waals surface area contributed by atoms with E-state index in [1.165, 1.54) is 12.8 Å². The van der Waals surface area contributed by atoms with E-state index in [9.17, 15) is 0 Å². The standard InChI is InChI=1S/C32H18N8O4/c1-5-19(37-25(11-1)31-35-15-29(43-31)23-9-3-7-21(39-23)27-13-33-17-41-27)20-6-2-12-26(38-20)32-36-16-30(44-32)24-10-4-8-22(40-24)28-14-34-18-42-28/h1-18H. The van der Waals surface area contributed by atoms with Gasteiger partial charge in [-0.3, -0.25) is 0 Å². The van der Waals surface area contributed by atoms with Crippen LogP contribution in [0.1, 0.15) is 0 Å². The Hall–Kier alpha value is -6.56. The van der Waals surface area contributed by atoms with Gasteiger partial charge in [0, 0.05) is 0 Å². The molecule has 0 bridgehead atoms. The predicted octanol–water partition coefficient (Wildman–Crippen LogP) is 6.89. The molecule has 0 fully saturated rings. The highest BCUT2D eigenvalue weighted by Crippen LogP contribution is 2.30. The summed E-state index contributed by atoms with van der Waals surface area (Å²) in [6.45, 7) is 0. The highest BCUT2D eigenvalue weighted by Gasteiger charge is 2.16. The van der Waals surface area contributed by atoms with Crippen molar-refractivity contribution in [3.63, 3.8) is 0 Å². The van der Waals surface area contributed by atoms with Crippen molar-refractivity contribution in [2.24, 2.45) is 0 Å². The van der Waals surface area contributed by atoms with Crippen molar-refractivity contribution < 1.29 is 17.7 Å². The number of hydrogen-bond donors (Lipinski definition) is 0. The Kier molecular flexibility index (Phi) is 6.11. The Morgan fingerprint density at radius 2 is 0.727 bits per heavy atom. The molecule has 0 radical (unpaired) electrons. The third-order valence-corrected chi connectivity index (χ3v) is 6.58. The monoisotopic (exact) mass is 578 g/mol. The molecule has 0 atom stereocenters. The first-order valence-electron chi connectivity index (χ1n) is 13.4. The fourth-order valence-electron chi connectivity index (χ4n) is 4.52. The minimum atomic E-state index is 0.349. The largest absolute Gasteiger partial charge is 0.442 e. The van der Waals surface area contributed by atoms with E-state index in [1.54, 1.807) is 24.8 Å². The summed E-state index contributed by atoms with van der Waals surface area (Å²) in [7, 11) is 0. The van der Waals surface area contributed by atoms with Crippen LogP contribution in [0.15, 0.2) is 128 Å². The summed E-state index contributed by atoms with van der Waals surface area (Å²) in [6, 6.07) is 22.2. The summed E-state index contributed by atoms with van der Waals surface area (Å²) in [4.78, 5) is 35.5. The van der Waals surface area contributed by atoms with Crippen LogP contribution in [-0.4, -0.2) is 39.9 Å². The number of pyridine rings is 4. The molecule has 0 unspecified atom stereocenters. The van der Waals surface area contributed by atoms with Crippen LogP contribution in [0.25, 0.3) is 80.4 Å². The molecule has 12 nitrogen and oxygen atoms in total. The minimum Gasteiger partial charge on any atom is -0.442 e. The Bertz CT molecular complexity index is 2050. The lowest BCUT2D eigenvalue weighted by Gasteiger charge is -2.04. The fourth-order valence-corrected chi connectivity index (χ4v) is 4.52. The third-order valence-electron chi connectivity index (χ3n) is 6.58. The molecule has 8 heterocycles. The quantitative estimate of drug-likeness (QED) is 0.193. The molecule has 8 aromatic rings. The van der Waals surface area contributed by atoms with Gasteiger partial charge in [0.25, 0.3) is 0 Å². The van der Waals surface area contributed by atoms with Crippen LogP contribution < -0.4 is 0 Å². The molecule has 0 spiro atoms. The first-order valence-corrected chi connectivity index (χ1v) is 13.4. The highest BCUT2D eigenvalue weighted by molar-refractivity contribution is 5.65. The van der Waals surface area contributed by atoms with Crippen LogP contribution in [0.4, 0.5) is 0 Å². The summed E-state index contributed by atoms with van der Waals surface area (Å²) >= 11 is 0. The number of nitrogens with zero attached hydrogens (tertiary/aromatic N) is 8. The summed E-state index contributed by atoms with van der Waals surface area (Å²) in [6.07, 6.45) is 9.17. The van der Waals surface area contributed by atoms with Crippen molar-refractivity contribution in [2.75, 3.05) is 0 Å². The molecule has 0 aliphatic carbocycles. The second-order valence-electron chi connectivity index (χ2n) is 9.42. The first-order chi connectivity index (χ1) is 21.8. The van der Waals surface area contributed by atoms with E-state index in [4.69, 9.17) is 27.6 Å². The molecule has 8 rings (SSSR count). The van der Waals surface area contributed by atoms with Crippen molar-refractivity contribution in [1.82, 2.24) is 39.9 Å². The molecular weight excluding hydrogens is 560 g/mol. The maximum Gasteiger partial charge on any atom is 0.245 e. The Labute approximate surface area is 248 Å². The van der Waals surface area contributed by atoms with Crippen LogP contribution in [0, 0.1) is 0 Å². The van der Waals surface area contributed by atoms with E-state index in [0.717, 1.165) is 0 Å². The molecule has 8 aromatic heterocycles. The number of rotatable bonds is 7. The lowest BCUT2D eigenvalue weighted by molar-refractivity contribution is 0.568. The Morgan fingerprint density at radius 1 is 0.364 bits per heavy atom. The minimum absolute atomic E-state index is 0.349. The molecular formula is C32H18N8O4. The summed E-state index contributed by atoms with van der Waals surface area (Å²) in [5, 5.41) is 0. The van der Waals surface area contributed by atoms with Gasteiger partial charge in [0.2, 0.25) is 11.8 Å². The Morgan fingerprint density at radius 3 is 1.14 bits per heavy atom.